The van der Waals surface area contributed by atoms with Crippen LogP contribution in [0.1, 0.15) is 22.5 Å². The molecule has 0 bridgehead atoms. The SMILES string of the molecule is NCCNCc1nnnn1C(c1ccccc1)(c1ccccc1)c1ccccc1. The lowest BCUT2D eigenvalue weighted by molar-refractivity contribution is 0.423. The highest BCUT2D eigenvalue weighted by atomic mass is 15.6. The van der Waals surface area contributed by atoms with Crippen molar-refractivity contribution in [1.29, 1.82) is 0 Å². The first-order chi connectivity index (χ1) is 14.4. The van der Waals surface area contributed by atoms with Crippen LogP contribution in [0.25, 0.3) is 0 Å². The molecule has 4 rings (SSSR count). The maximum atomic E-state index is 5.64. The number of nitrogens with one attached hydrogen (secondary N) is 1. The van der Waals surface area contributed by atoms with E-state index < -0.39 is 5.54 Å². The molecule has 0 aliphatic heterocycles. The van der Waals surface area contributed by atoms with E-state index in [-0.39, 0.29) is 0 Å². The molecule has 1 heterocycles. The molecular weight excluding hydrogens is 360 g/mol. The van der Waals surface area contributed by atoms with Crippen molar-refractivity contribution >= 4 is 0 Å². The third-order valence-electron chi connectivity index (χ3n) is 5.03. The fourth-order valence-corrected chi connectivity index (χ4v) is 3.78. The molecule has 0 saturated carbocycles. The van der Waals surface area contributed by atoms with Crippen LogP contribution >= 0.6 is 0 Å². The van der Waals surface area contributed by atoms with Gasteiger partial charge in [0.05, 0.1) is 6.54 Å². The zero-order valence-electron chi connectivity index (χ0n) is 16.1. The van der Waals surface area contributed by atoms with Gasteiger partial charge < -0.3 is 11.1 Å². The number of nitrogens with zero attached hydrogens (tertiary/aromatic N) is 4. The number of rotatable bonds is 8. The van der Waals surface area contributed by atoms with Gasteiger partial charge in [-0.1, -0.05) is 91.0 Å². The summed E-state index contributed by atoms with van der Waals surface area (Å²) in [5.41, 5.74) is 8.21. The first-order valence-corrected chi connectivity index (χ1v) is 9.72. The molecule has 3 N–H and O–H groups in total. The van der Waals surface area contributed by atoms with Crippen LogP contribution < -0.4 is 11.1 Å². The first kappa shape index (κ1) is 19.0. The van der Waals surface area contributed by atoms with E-state index in [9.17, 15) is 0 Å². The molecule has 0 saturated heterocycles. The Morgan fingerprint density at radius 2 is 1.24 bits per heavy atom. The lowest BCUT2D eigenvalue weighted by Gasteiger charge is -2.36. The Kier molecular flexibility index (Phi) is 5.74. The second-order valence-corrected chi connectivity index (χ2v) is 6.78. The molecule has 4 aromatic rings. The van der Waals surface area contributed by atoms with Crippen molar-refractivity contribution in [3.63, 3.8) is 0 Å². The van der Waals surface area contributed by atoms with E-state index in [0.29, 0.717) is 19.6 Å². The van der Waals surface area contributed by atoms with Gasteiger partial charge in [-0.2, -0.15) is 0 Å². The molecular formula is C23H24N6. The van der Waals surface area contributed by atoms with Crippen LogP contribution in [0.4, 0.5) is 0 Å². The highest BCUT2D eigenvalue weighted by Gasteiger charge is 2.41. The molecule has 146 valence electrons. The predicted molar refractivity (Wildman–Crippen MR) is 113 cm³/mol. The van der Waals surface area contributed by atoms with Crippen molar-refractivity contribution in [2.75, 3.05) is 13.1 Å². The van der Waals surface area contributed by atoms with Gasteiger partial charge in [-0.15, -0.1) is 5.10 Å². The summed E-state index contributed by atoms with van der Waals surface area (Å²) in [5.74, 6) is 0.745. The van der Waals surface area contributed by atoms with Crippen LogP contribution in [0.2, 0.25) is 0 Å². The molecule has 3 aromatic carbocycles. The minimum Gasteiger partial charge on any atom is -0.329 e. The first-order valence-electron chi connectivity index (χ1n) is 9.72. The van der Waals surface area contributed by atoms with Crippen LogP contribution in [-0.2, 0) is 12.1 Å². The molecule has 0 aliphatic rings. The Morgan fingerprint density at radius 3 is 1.69 bits per heavy atom. The number of tetrazole rings is 1. The number of hydrogen-bond acceptors (Lipinski definition) is 5. The lowest BCUT2D eigenvalue weighted by Crippen LogP contribution is -2.40. The Balaban J connectivity index is 2.01. The third-order valence-corrected chi connectivity index (χ3v) is 5.03. The van der Waals surface area contributed by atoms with Crippen molar-refractivity contribution in [1.82, 2.24) is 25.5 Å². The molecule has 1 aromatic heterocycles. The quantitative estimate of drug-likeness (QED) is 0.360. The van der Waals surface area contributed by atoms with Gasteiger partial charge in [0.1, 0.15) is 5.54 Å². The molecule has 0 fully saturated rings. The van der Waals surface area contributed by atoms with Crippen molar-refractivity contribution in [2.45, 2.75) is 12.1 Å². The zero-order valence-corrected chi connectivity index (χ0v) is 16.1. The minimum absolute atomic E-state index is 0.526. The molecule has 0 amide bonds. The Labute approximate surface area is 170 Å². The van der Waals surface area contributed by atoms with E-state index in [4.69, 9.17) is 5.73 Å². The predicted octanol–water partition coefficient (Wildman–Crippen LogP) is 2.56. The highest BCUT2D eigenvalue weighted by molar-refractivity contribution is 5.50. The lowest BCUT2D eigenvalue weighted by atomic mass is 9.77. The van der Waals surface area contributed by atoms with Crippen LogP contribution in [0, 0.1) is 0 Å². The maximum Gasteiger partial charge on any atom is 0.166 e. The molecule has 6 heteroatoms. The van der Waals surface area contributed by atoms with Gasteiger partial charge in [0.15, 0.2) is 5.82 Å². The molecule has 29 heavy (non-hydrogen) atoms. The van der Waals surface area contributed by atoms with Gasteiger partial charge in [-0.05, 0) is 27.1 Å². The maximum absolute atomic E-state index is 5.64. The normalized spacial score (nSPS) is 11.5. The summed E-state index contributed by atoms with van der Waals surface area (Å²) in [6, 6.07) is 31.1. The number of nitrogens with two attached hydrogens (primary N) is 1. The van der Waals surface area contributed by atoms with Gasteiger partial charge in [-0.25, -0.2) is 4.68 Å². The topological polar surface area (TPSA) is 81.7 Å². The average molecular weight is 384 g/mol. The summed E-state index contributed by atoms with van der Waals surface area (Å²) in [4.78, 5) is 0. The van der Waals surface area contributed by atoms with Crippen LogP contribution in [0.3, 0.4) is 0 Å². The van der Waals surface area contributed by atoms with Gasteiger partial charge in [-0.3, -0.25) is 0 Å². The van der Waals surface area contributed by atoms with Crippen LogP contribution in [0.15, 0.2) is 91.0 Å². The van der Waals surface area contributed by atoms with E-state index in [1.165, 1.54) is 0 Å². The highest BCUT2D eigenvalue weighted by Crippen LogP contribution is 2.40. The van der Waals surface area contributed by atoms with Gasteiger partial charge in [0.2, 0.25) is 0 Å². The summed E-state index contributed by atoms with van der Waals surface area (Å²) in [7, 11) is 0. The number of benzene rings is 3. The minimum atomic E-state index is -0.701. The molecule has 0 unspecified atom stereocenters. The van der Waals surface area contributed by atoms with E-state index in [1.807, 2.05) is 59.3 Å². The van der Waals surface area contributed by atoms with E-state index >= 15 is 0 Å². The Morgan fingerprint density at radius 1 is 0.759 bits per heavy atom. The number of hydrogen-bond donors (Lipinski definition) is 2. The Bertz CT molecular complexity index is 918. The van der Waals surface area contributed by atoms with E-state index in [2.05, 4.69) is 57.2 Å². The number of aromatic nitrogens is 4. The summed E-state index contributed by atoms with van der Waals surface area (Å²) in [6.45, 7) is 1.78. The van der Waals surface area contributed by atoms with E-state index in [0.717, 1.165) is 22.5 Å². The standard InChI is InChI=1S/C23H24N6/c24-16-17-25-18-22-26-27-28-29(22)23(19-10-4-1-5-11-19,20-12-6-2-7-13-20)21-14-8-3-9-15-21/h1-15,25H,16-18,24H2. The van der Waals surface area contributed by atoms with Crippen molar-refractivity contribution < 1.29 is 0 Å². The average Bonchev–Trinajstić information content (AvgIpc) is 3.26. The summed E-state index contributed by atoms with van der Waals surface area (Å²) in [6.07, 6.45) is 0. The smallest absolute Gasteiger partial charge is 0.166 e. The summed E-state index contributed by atoms with van der Waals surface area (Å²) in [5, 5.41) is 16.2. The fraction of sp³-hybridized carbons (Fsp3) is 0.174. The van der Waals surface area contributed by atoms with Gasteiger partial charge in [0, 0.05) is 13.1 Å². The molecule has 6 nitrogen and oxygen atoms in total. The second kappa shape index (κ2) is 8.77. The van der Waals surface area contributed by atoms with Crippen LogP contribution in [0.5, 0.6) is 0 Å². The molecule has 0 spiro atoms. The monoisotopic (exact) mass is 384 g/mol. The molecule has 0 aliphatic carbocycles. The second-order valence-electron chi connectivity index (χ2n) is 6.78. The fourth-order valence-electron chi connectivity index (χ4n) is 3.78. The van der Waals surface area contributed by atoms with Crippen molar-refractivity contribution in [2.24, 2.45) is 5.73 Å². The molecule has 0 atom stereocenters. The van der Waals surface area contributed by atoms with E-state index in [1.54, 1.807) is 0 Å². The zero-order chi connectivity index (χ0) is 19.9. The van der Waals surface area contributed by atoms with Crippen LogP contribution in [-0.4, -0.2) is 33.3 Å². The van der Waals surface area contributed by atoms with Crippen molar-refractivity contribution in [3.05, 3.63) is 114 Å². The summed E-state index contributed by atoms with van der Waals surface area (Å²) >= 11 is 0. The molecule has 0 radical (unpaired) electrons. The summed E-state index contributed by atoms with van der Waals surface area (Å²) < 4.78 is 1.93. The van der Waals surface area contributed by atoms with Gasteiger partial charge >= 0.3 is 0 Å². The third kappa shape index (κ3) is 3.55. The van der Waals surface area contributed by atoms with Gasteiger partial charge in [0.25, 0.3) is 0 Å². The Hall–Kier alpha value is -3.35. The largest absolute Gasteiger partial charge is 0.329 e. The van der Waals surface area contributed by atoms with Crippen molar-refractivity contribution in [3.8, 4) is 0 Å².